The fraction of sp³-hybridized carbons (Fsp3) is 0.300. The van der Waals surface area contributed by atoms with Crippen LogP contribution in [0.5, 0.6) is 11.5 Å². The van der Waals surface area contributed by atoms with E-state index in [9.17, 15) is 4.79 Å². The Labute approximate surface area is 76.3 Å². The second kappa shape index (κ2) is 3.09. The van der Waals surface area contributed by atoms with Crippen LogP contribution in [0.2, 0.25) is 0 Å². The van der Waals surface area contributed by atoms with Crippen molar-refractivity contribution >= 4 is 6.29 Å². The average molecular weight is 178 g/mol. The van der Waals surface area contributed by atoms with E-state index in [0.29, 0.717) is 11.5 Å². The van der Waals surface area contributed by atoms with Crippen LogP contribution >= 0.6 is 0 Å². The van der Waals surface area contributed by atoms with Gasteiger partial charge in [0, 0.05) is 0 Å². The van der Waals surface area contributed by atoms with Crippen molar-refractivity contribution in [3.63, 3.8) is 0 Å². The molecule has 0 spiro atoms. The summed E-state index contributed by atoms with van der Waals surface area (Å²) < 4.78 is 10.9. The maximum Gasteiger partial charge on any atom is 0.190 e. The number of ether oxygens (including phenoxy) is 2. The zero-order chi connectivity index (χ0) is 9.26. The highest BCUT2D eigenvalue weighted by atomic mass is 16.6. The lowest BCUT2D eigenvalue weighted by Gasteiger charge is -2.28. The molecular weight excluding hydrogens is 168 g/mol. The summed E-state index contributed by atoms with van der Waals surface area (Å²) in [4.78, 5) is 10.6. The van der Waals surface area contributed by atoms with Crippen LogP contribution < -0.4 is 9.47 Å². The molecule has 0 aromatic heterocycles. The van der Waals surface area contributed by atoms with Crippen molar-refractivity contribution in [2.75, 3.05) is 0 Å². The van der Waals surface area contributed by atoms with Crippen LogP contribution in [0, 0.1) is 0 Å². The van der Waals surface area contributed by atoms with E-state index in [1.807, 2.05) is 25.1 Å². The van der Waals surface area contributed by atoms with Crippen LogP contribution in [0.1, 0.15) is 6.92 Å². The van der Waals surface area contributed by atoms with Crippen molar-refractivity contribution < 1.29 is 14.3 Å². The number of carbonyl (C=O) groups is 1. The molecule has 0 aliphatic carbocycles. The first kappa shape index (κ1) is 8.10. The lowest BCUT2D eigenvalue weighted by atomic mass is 10.2. The molecular formula is C10H10O3. The van der Waals surface area contributed by atoms with Crippen molar-refractivity contribution in [3.8, 4) is 11.5 Å². The second-order valence-electron chi connectivity index (χ2n) is 2.99. The molecule has 1 aromatic rings. The van der Waals surface area contributed by atoms with Gasteiger partial charge in [-0.3, -0.25) is 4.79 Å². The summed E-state index contributed by atoms with van der Waals surface area (Å²) in [5.41, 5.74) is 0. The first-order valence-electron chi connectivity index (χ1n) is 4.19. The summed E-state index contributed by atoms with van der Waals surface area (Å²) in [6, 6.07) is 7.33. The Morgan fingerprint density at radius 1 is 1.23 bits per heavy atom. The molecule has 0 N–H and O–H groups in total. The quantitative estimate of drug-likeness (QED) is 0.610. The normalized spacial score (nSPS) is 25.3. The van der Waals surface area contributed by atoms with Crippen LogP contribution in [0.3, 0.4) is 0 Å². The predicted octanol–water partition coefficient (Wildman–Crippen LogP) is 1.41. The minimum atomic E-state index is -0.491. The molecule has 1 aliphatic rings. The van der Waals surface area contributed by atoms with Gasteiger partial charge >= 0.3 is 0 Å². The molecule has 2 rings (SSSR count). The molecule has 1 heterocycles. The van der Waals surface area contributed by atoms with Gasteiger partial charge in [-0.15, -0.1) is 0 Å². The number of benzene rings is 1. The zero-order valence-corrected chi connectivity index (χ0v) is 7.27. The largest absolute Gasteiger partial charge is 0.482 e. The highest BCUT2D eigenvalue weighted by molar-refractivity contribution is 5.59. The molecule has 0 amide bonds. The third kappa shape index (κ3) is 1.37. The number of hydrogen-bond acceptors (Lipinski definition) is 3. The monoisotopic (exact) mass is 178 g/mol. The van der Waals surface area contributed by atoms with E-state index < -0.39 is 6.10 Å². The molecule has 2 atom stereocenters. The van der Waals surface area contributed by atoms with E-state index in [1.165, 1.54) is 0 Å². The Morgan fingerprint density at radius 3 is 2.46 bits per heavy atom. The Kier molecular flexibility index (Phi) is 1.93. The first-order valence-corrected chi connectivity index (χ1v) is 4.19. The molecule has 1 aromatic carbocycles. The Bertz CT molecular complexity index is 322. The molecule has 0 bridgehead atoms. The maximum absolute atomic E-state index is 10.6. The summed E-state index contributed by atoms with van der Waals surface area (Å²) in [6.45, 7) is 1.81. The topological polar surface area (TPSA) is 35.5 Å². The molecule has 13 heavy (non-hydrogen) atoms. The van der Waals surface area contributed by atoms with Crippen LogP contribution in [0.4, 0.5) is 0 Å². The second-order valence-corrected chi connectivity index (χ2v) is 2.99. The van der Waals surface area contributed by atoms with E-state index in [1.54, 1.807) is 6.07 Å². The van der Waals surface area contributed by atoms with E-state index in [0.717, 1.165) is 6.29 Å². The zero-order valence-electron chi connectivity index (χ0n) is 7.27. The summed E-state index contributed by atoms with van der Waals surface area (Å²) in [6.07, 6.45) is 0.0583. The van der Waals surface area contributed by atoms with Crippen molar-refractivity contribution in [2.45, 2.75) is 19.1 Å². The van der Waals surface area contributed by atoms with Gasteiger partial charge in [-0.05, 0) is 19.1 Å². The van der Waals surface area contributed by atoms with Gasteiger partial charge in [0.25, 0.3) is 0 Å². The van der Waals surface area contributed by atoms with Crippen molar-refractivity contribution in [3.05, 3.63) is 24.3 Å². The van der Waals surface area contributed by atoms with Crippen molar-refractivity contribution in [1.29, 1.82) is 0 Å². The molecule has 0 unspecified atom stereocenters. The molecule has 3 nitrogen and oxygen atoms in total. The lowest BCUT2D eigenvalue weighted by Crippen LogP contribution is -2.38. The minimum absolute atomic E-state index is 0.215. The van der Waals surface area contributed by atoms with Gasteiger partial charge in [0.2, 0.25) is 0 Å². The number of fused-ring (bicyclic) bond motifs is 1. The number of aldehydes is 1. The average Bonchev–Trinajstić information content (AvgIpc) is 2.17. The van der Waals surface area contributed by atoms with Crippen LogP contribution in [0.15, 0.2) is 24.3 Å². The third-order valence-corrected chi connectivity index (χ3v) is 2.02. The highest BCUT2D eigenvalue weighted by Gasteiger charge is 2.26. The van der Waals surface area contributed by atoms with Crippen LogP contribution in [-0.2, 0) is 4.79 Å². The third-order valence-electron chi connectivity index (χ3n) is 2.02. The molecule has 1 aliphatic heterocycles. The van der Waals surface area contributed by atoms with Gasteiger partial charge in [0.1, 0.15) is 6.10 Å². The molecule has 0 saturated carbocycles. The first-order chi connectivity index (χ1) is 6.31. The van der Waals surface area contributed by atoms with E-state index in [2.05, 4.69) is 0 Å². The van der Waals surface area contributed by atoms with Gasteiger partial charge in [0.15, 0.2) is 23.9 Å². The fourth-order valence-electron chi connectivity index (χ4n) is 1.29. The molecule has 0 fully saturated rings. The smallest absolute Gasteiger partial charge is 0.190 e. The number of hydrogen-bond donors (Lipinski definition) is 0. The molecule has 0 saturated heterocycles. The van der Waals surface area contributed by atoms with Crippen molar-refractivity contribution in [2.24, 2.45) is 0 Å². The van der Waals surface area contributed by atoms with Gasteiger partial charge in [-0.25, -0.2) is 0 Å². The molecule has 3 heteroatoms. The summed E-state index contributed by atoms with van der Waals surface area (Å²) in [5.74, 6) is 1.34. The fourth-order valence-corrected chi connectivity index (χ4v) is 1.29. The number of rotatable bonds is 1. The minimum Gasteiger partial charge on any atom is -0.482 e. The standard InChI is InChI=1S/C10H10O3/c1-7-10(6-11)13-9-5-3-2-4-8(9)12-7/h2-7,10H,1H3/t7-,10+/m1/s1. The number of para-hydroxylation sites is 2. The van der Waals surface area contributed by atoms with Gasteiger partial charge in [-0.2, -0.15) is 0 Å². The van der Waals surface area contributed by atoms with Crippen LogP contribution in [0.25, 0.3) is 0 Å². The SMILES string of the molecule is C[C@H]1Oc2ccccc2O[C@H]1C=O. The van der Waals surface area contributed by atoms with E-state index in [4.69, 9.17) is 9.47 Å². The van der Waals surface area contributed by atoms with E-state index in [-0.39, 0.29) is 6.10 Å². The Balaban J connectivity index is 2.32. The summed E-state index contributed by atoms with van der Waals surface area (Å²) in [7, 11) is 0. The molecule has 68 valence electrons. The van der Waals surface area contributed by atoms with Gasteiger partial charge in [0.05, 0.1) is 0 Å². The Hall–Kier alpha value is -1.51. The summed E-state index contributed by atoms with van der Waals surface area (Å²) in [5, 5.41) is 0. The van der Waals surface area contributed by atoms with Crippen molar-refractivity contribution in [1.82, 2.24) is 0 Å². The van der Waals surface area contributed by atoms with Gasteiger partial charge < -0.3 is 9.47 Å². The Morgan fingerprint density at radius 2 is 1.85 bits per heavy atom. The maximum atomic E-state index is 10.6. The highest BCUT2D eigenvalue weighted by Crippen LogP contribution is 2.32. The predicted molar refractivity (Wildman–Crippen MR) is 47.0 cm³/mol. The lowest BCUT2D eigenvalue weighted by molar-refractivity contribution is -0.118. The number of carbonyl (C=O) groups excluding carboxylic acids is 1. The van der Waals surface area contributed by atoms with Crippen LogP contribution in [-0.4, -0.2) is 18.5 Å². The van der Waals surface area contributed by atoms with Gasteiger partial charge in [-0.1, -0.05) is 12.1 Å². The summed E-state index contributed by atoms with van der Waals surface area (Å²) >= 11 is 0. The molecule has 0 radical (unpaired) electrons. The van der Waals surface area contributed by atoms with E-state index >= 15 is 0 Å².